The number of carbonyl (C=O) groups is 2. The van der Waals surface area contributed by atoms with Crippen molar-refractivity contribution in [1.82, 2.24) is 4.90 Å². The molecule has 1 heterocycles. The zero-order valence-corrected chi connectivity index (χ0v) is 12.2. The lowest BCUT2D eigenvalue weighted by molar-refractivity contribution is -0.157. The number of rotatable bonds is 5. The molecule has 114 valence electrons. The molecule has 1 aliphatic heterocycles. The van der Waals surface area contributed by atoms with Crippen LogP contribution in [0, 0.1) is 0 Å². The van der Waals surface area contributed by atoms with Gasteiger partial charge in [0.25, 0.3) is 5.91 Å². The van der Waals surface area contributed by atoms with Gasteiger partial charge in [0.1, 0.15) is 12.1 Å². The summed E-state index contributed by atoms with van der Waals surface area (Å²) in [6.45, 7) is 2.47. The average Bonchev–Trinajstić information content (AvgIpc) is 2.94. The summed E-state index contributed by atoms with van der Waals surface area (Å²) in [4.78, 5) is 25.2. The van der Waals surface area contributed by atoms with E-state index in [1.807, 2.05) is 6.92 Å². The van der Waals surface area contributed by atoms with E-state index in [1.165, 1.54) is 11.3 Å². The third-order valence-electron chi connectivity index (χ3n) is 4.38. The quantitative estimate of drug-likeness (QED) is 0.840. The number of carboxylic acids is 1. The van der Waals surface area contributed by atoms with Gasteiger partial charge in [0.2, 0.25) is 0 Å². The fourth-order valence-corrected chi connectivity index (χ4v) is 3.23. The molecule has 1 N–H and O–H groups in total. The van der Waals surface area contributed by atoms with Crippen LogP contribution in [0.25, 0.3) is 0 Å². The molecule has 0 aromatic rings. The molecule has 1 aliphatic carbocycles. The number of hydrogen-bond acceptors (Lipinski definition) is 3. The Bertz CT molecular complexity index is 352. The first-order chi connectivity index (χ1) is 9.63. The minimum atomic E-state index is -0.900. The van der Waals surface area contributed by atoms with Crippen molar-refractivity contribution in [3.8, 4) is 0 Å². The van der Waals surface area contributed by atoms with Crippen molar-refractivity contribution >= 4 is 11.9 Å². The summed E-state index contributed by atoms with van der Waals surface area (Å²) in [5, 5.41) is 9.17. The molecule has 0 aromatic heterocycles. The number of carbonyl (C=O) groups excluding carboxylic acids is 1. The Morgan fingerprint density at radius 1 is 1.20 bits per heavy atom. The van der Waals surface area contributed by atoms with Gasteiger partial charge in [-0.15, -0.1) is 0 Å². The van der Waals surface area contributed by atoms with Gasteiger partial charge in [-0.3, -0.25) is 4.79 Å². The number of carboxylic acid groups (broad SMARTS) is 1. The average molecular weight is 283 g/mol. The highest BCUT2D eigenvalue weighted by molar-refractivity contribution is 5.87. The lowest BCUT2D eigenvalue weighted by Crippen LogP contribution is -2.47. The van der Waals surface area contributed by atoms with Crippen molar-refractivity contribution in [2.24, 2.45) is 0 Å². The maximum Gasteiger partial charge on any atom is 0.326 e. The number of likely N-dealkylation sites (tertiary alicyclic amines) is 1. The number of hydrogen-bond donors (Lipinski definition) is 1. The van der Waals surface area contributed by atoms with Gasteiger partial charge in [0, 0.05) is 6.54 Å². The van der Waals surface area contributed by atoms with Gasteiger partial charge in [-0.1, -0.05) is 26.2 Å². The molecule has 5 nitrogen and oxygen atoms in total. The summed E-state index contributed by atoms with van der Waals surface area (Å²) in [5.41, 5.74) is 0. The van der Waals surface area contributed by atoms with Gasteiger partial charge < -0.3 is 14.7 Å². The van der Waals surface area contributed by atoms with E-state index in [9.17, 15) is 14.7 Å². The first-order valence-electron chi connectivity index (χ1n) is 7.82. The molecule has 2 unspecified atom stereocenters. The van der Waals surface area contributed by atoms with Gasteiger partial charge in [-0.2, -0.15) is 0 Å². The number of aliphatic carboxylic acids is 1. The normalized spacial score (nSPS) is 25.6. The second kappa shape index (κ2) is 7.07. The lowest BCUT2D eigenvalue weighted by Gasteiger charge is -2.30. The van der Waals surface area contributed by atoms with Gasteiger partial charge >= 0.3 is 5.97 Å². The monoisotopic (exact) mass is 283 g/mol. The molecular weight excluding hydrogens is 258 g/mol. The summed E-state index contributed by atoms with van der Waals surface area (Å²) in [5.74, 6) is -1.04. The Kier molecular flexibility index (Phi) is 5.40. The molecule has 20 heavy (non-hydrogen) atoms. The van der Waals surface area contributed by atoms with Crippen LogP contribution < -0.4 is 0 Å². The maximum atomic E-state index is 12.5. The van der Waals surface area contributed by atoms with Crippen molar-refractivity contribution in [3.63, 3.8) is 0 Å². The number of ether oxygens (including phenoxy) is 1. The summed E-state index contributed by atoms with van der Waals surface area (Å²) in [6, 6.07) is -0.661. The van der Waals surface area contributed by atoms with Crippen LogP contribution in [-0.2, 0) is 14.3 Å². The van der Waals surface area contributed by atoms with Gasteiger partial charge in [0.05, 0.1) is 6.10 Å². The van der Waals surface area contributed by atoms with Crippen LogP contribution in [-0.4, -0.2) is 46.7 Å². The highest BCUT2D eigenvalue weighted by atomic mass is 16.5. The van der Waals surface area contributed by atoms with Crippen LogP contribution in [0.1, 0.15) is 58.3 Å². The Morgan fingerprint density at radius 2 is 1.90 bits per heavy atom. The molecule has 2 fully saturated rings. The van der Waals surface area contributed by atoms with E-state index in [0.717, 1.165) is 32.1 Å². The first kappa shape index (κ1) is 15.3. The molecule has 1 saturated carbocycles. The van der Waals surface area contributed by atoms with E-state index in [1.54, 1.807) is 0 Å². The molecule has 1 saturated heterocycles. The summed E-state index contributed by atoms with van der Waals surface area (Å²) in [7, 11) is 0. The molecule has 5 heteroatoms. The lowest BCUT2D eigenvalue weighted by atomic mass is 9.97. The molecule has 1 amide bonds. The van der Waals surface area contributed by atoms with Gasteiger partial charge in [-0.05, 0) is 32.1 Å². The van der Waals surface area contributed by atoms with Crippen LogP contribution in [0.4, 0.5) is 0 Å². The van der Waals surface area contributed by atoms with Crippen LogP contribution in [0.2, 0.25) is 0 Å². The molecule has 0 spiro atoms. The Labute approximate surface area is 120 Å². The van der Waals surface area contributed by atoms with E-state index >= 15 is 0 Å². The van der Waals surface area contributed by atoms with Gasteiger partial charge in [-0.25, -0.2) is 4.79 Å². The number of amides is 1. The van der Waals surface area contributed by atoms with Gasteiger partial charge in [0.15, 0.2) is 0 Å². The SMILES string of the molecule is CCC(OC1CCCCC1)C(=O)N1CCCC1C(=O)O. The summed E-state index contributed by atoms with van der Waals surface area (Å²) < 4.78 is 5.96. The Hall–Kier alpha value is -1.10. The van der Waals surface area contributed by atoms with E-state index in [4.69, 9.17) is 4.74 Å². The Balaban J connectivity index is 1.95. The second-order valence-corrected chi connectivity index (χ2v) is 5.82. The Morgan fingerprint density at radius 3 is 2.50 bits per heavy atom. The fourth-order valence-electron chi connectivity index (χ4n) is 3.23. The molecule has 0 bridgehead atoms. The van der Waals surface area contributed by atoms with E-state index in [0.29, 0.717) is 19.4 Å². The standard InChI is InChI=1S/C15H25NO4/c1-2-13(20-11-7-4-3-5-8-11)14(17)16-10-6-9-12(16)15(18)19/h11-13H,2-10H2,1H3,(H,18,19). The first-order valence-corrected chi connectivity index (χ1v) is 7.82. The fraction of sp³-hybridized carbons (Fsp3) is 0.867. The summed E-state index contributed by atoms with van der Waals surface area (Å²) in [6.07, 6.45) is 7.24. The van der Waals surface area contributed by atoms with Crippen LogP contribution in [0.5, 0.6) is 0 Å². The van der Waals surface area contributed by atoms with E-state index in [2.05, 4.69) is 0 Å². The molecular formula is C15H25NO4. The van der Waals surface area contributed by atoms with Crippen molar-refractivity contribution in [3.05, 3.63) is 0 Å². The molecule has 0 radical (unpaired) electrons. The van der Waals surface area contributed by atoms with Crippen LogP contribution in [0.3, 0.4) is 0 Å². The van der Waals surface area contributed by atoms with E-state index in [-0.39, 0.29) is 12.0 Å². The smallest absolute Gasteiger partial charge is 0.326 e. The third kappa shape index (κ3) is 3.51. The van der Waals surface area contributed by atoms with Crippen molar-refractivity contribution < 1.29 is 19.4 Å². The zero-order chi connectivity index (χ0) is 14.5. The topological polar surface area (TPSA) is 66.8 Å². The molecule has 0 aromatic carbocycles. The van der Waals surface area contributed by atoms with Crippen molar-refractivity contribution in [2.75, 3.05) is 6.54 Å². The van der Waals surface area contributed by atoms with Crippen molar-refractivity contribution in [2.45, 2.75) is 76.5 Å². The zero-order valence-electron chi connectivity index (χ0n) is 12.2. The highest BCUT2D eigenvalue weighted by Crippen LogP contribution is 2.25. The molecule has 2 rings (SSSR count). The molecule has 2 aliphatic rings. The second-order valence-electron chi connectivity index (χ2n) is 5.82. The minimum absolute atomic E-state index is 0.136. The predicted octanol–water partition coefficient (Wildman–Crippen LogP) is 2.19. The van der Waals surface area contributed by atoms with Crippen LogP contribution >= 0.6 is 0 Å². The number of nitrogens with zero attached hydrogens (tertiary/aromatic N) is 1. The largest absolute Gasteiger partial charge is 0.480 e. The third-order valence-corrected chi connectivity index (χ3v) is 4.38. The minimum Gasteiger partial charge on any atom is -0.480 e. The van der Waals surface area contributed by atoms with Crippen molar-refractivity contribution in [1.29, 1.82) is 0 Å². The highest BCUT2D eigenvalue weighted by Gasteiger charge is 2.37. The summed E-state index contributed by atoms with van der Waals surface area (Å²) >= 11 is 0. The maximum absolute atomic E-state index is 12.5. The van der Waals surface area contributed by atoms with Crippen LogP contribution in [0.15, 0.2) is 0 Å². The van der Waals surface area contributed by atoms with E-state index < -0.39 is 18.1 Å². The molecule has 2 atom stereocenters. The predicted molar refractivity (Wildman–Crippen MR) is 74.4 cm³/mol.